The van der Waals surface area contributed by atoms with Crippen molar-refractivity contribution in [3.63, 3.8) is 0 Å². The molecule has 2 N–H and O–H groups in total. The van der Waals surface area contributed by atoms with Gasteiger partial charge in [0.05, 0.1) is 12.2 Å². The quantitative estimate of drug-likeness (QED) is 0.694. The molecule has 0 spiro atoms. The second kappa shape index (κ2) is 9.96. The van der Waals surface area contributed by atoms with Gasteiger partial charge in [-0.3, -0.25) is 9.59 Å². The van der Waals surface area contributed by atoms with Gasteiger partial charge >= 0.3 is 6.09 Å². The average Bonchev–Trinajstić information content (AvgIpc) is 2.94. The number of carbonyl (C=O) groups is 3. The Balaban J connectivity index is 2.25. The first-order valence-electron chi connectivity index (χ1n) is 6.36. The molecule has 0 aliphatic heterocycles. The summed E-state index contributed by atoms with van der Waals surface area (Å²) in [6.45, 7) is 5.10. The van der Waals surface area contributed by atoms with E-state index >= 15 is 0 Å². The first kappa shape index (κ1) is 18.2. The summed E-state index contributed by atoms with van der Waals surface area (Å²) in [7, 11) is 0. The average molecular weight is 343 g/mol. The lowest BCUT2D eigenvalue weighted by atomic mass is 10.5. The predicted octanol–water partition coefficient (Wildman–Crippen LogP) is 1.45. The van der Waals surface area contributed by atoms with E-state index < -0.39 is 6.09 Å². The fourth-order valence-electron chi connectivity index (χ4n) is 1.25. The number of rotatable bonds is 8. The van der Waals surface area contributed by atoms with E-state index in [-0.39, 0.29) is 30.7 Å². The van der Waals surface area contributed by atoms with Gasteiger partial charge in [-0.15, -0.1) is 11.3 Å². The van der Waals surface area contributed by atoms with E-state index in [1.165, 1.54) is 36.1 Å². The summed E-state index contributed by atoms with van der Waals surface area (Å²) in [5.41, 5.74) is 0.806. The molecule has 0 bridgehead atoms. The SMILES string of the molecule is C=CCOC(=O)NCC(=O)NCc1nc(CSC(C)=O)cs1. The van der Waals surface area contributed by atoms with Crippen molar-refractivity contribution in [2.24, 2.45) is 0 Å². The first-order valence-corrected chi connectivity index (χ1v) is 8.22. The third kappa shape index (κ3) is 7.79. The van der Waals surface area contributed by atoms with Crippen molar-refractivity contribution in [3.8, 4) is 0 Å². The molecule has 1 heterocycles. The summed E-state index contributed by atoms with van der Waals surface area (Å²) in [5.74, 6) is 0.182. The van der Waals surface area contributed by atoms with Crippen molar-refractivity contribution in [1.82, 2.24) is 15.6 Å². The van der Waals surface area contributed by atoms with Crippen LogP contribution in [0.4, 0.5) is 4.79 Å². The van der Waals surface area contributed by atoms with E-state index in [2.05, 4.69) is 26.9 Å². The minimum Gasteiger partial charge on any atom is -0.445 e. The second-order valence-electron chi connectivity index (χ2n) is 4.03. The van der Waals surface area contributed by atoms with Crippen molar-refractivity contribution in [1.29, 1.82) is 0 Å². The normalized spacial score (nSPS) is 9.86. The number of carbonyl (C=O) groups excluding carboxylic acids is 3. The Morgan fingerprint density at radius 1 is 1.45 bits per heavy atom. The summed E-state index contributed by atoms with van der Waals surface area (Å²) in [4.78, 5) is 37.8. The van der Waals surface area contributed by atoms with Crippen LogP contribution >= 0.6 is 23.1 Å². The van der Waals surface area contributed by atoms with Crippen LogP contribution in [0.5, 0.6) is 0 Å². The molecular formula is C13H17N3O4S2. The third-order valence-corrected chi connectivity index (χ3v) is 3.93. The molecule has 0 atom stereocenters. The van der Waals surface area contributed by atoms with Crippen LogP contribution in [-0.4, -0.2) is 35.3 Å². The molecule has 7 nitrogen and oxygen atoms in total. The van der Waals surface area contributed by atoms with Crippen molar-refractivity contribution >= 4 is 40.2 Å². The van der Waals surface area contributed by atoms with Gasteiger partial charge in [0, 0.05) is 18.1 Å². The van der Waals surface area contributed by atoms with Crippen LogP contribution in [0.1, 0.15) is 17.6 Å². The molecule has 0 aromatic carbocycles. The Hall–Kier alpha value is -1.87. The molecule has 0 unspecified atom stereocenters. The van der Waals surface area contributed by atoms with E-state index in [1.54, 1.807) is 0 Å². The van der Waals surface area contributed by atoms with Crippen LogP contribution in [-0.2, 0) is 26.6 Å². The lowest BCUT2D eigenvalue weighted by molar-refractivity contribution is -0.120. The van der Waals surface area contributed by atoms with Crippen molar-refractivity contribution < 1.29 is 19.1 Å². The fraction of sp³-hybridized carbons (Fsp3) is 0.385. The number of aromatic nitrogens is 1. The van der Waals surface area contributed by atoms with E-state index in [9.17, 15) is 14.4 Å². The Morgan fingerprint density at radius 3 is 2.91 bits per heavy atom. The standard InChI is InChI=1S/C13H17N3O4S2/c1-3-4-20-13(19)15-5-11(18)14-6-12-16-10(8-22-12)7-21-9(2)17/h3,8H,1,4-7H2,2H3,(H,14,18)(H,15,19). The van der Waals surface area contributed by atoms with Crippen molar-refractivity contribution in [2.75, 3.05) is 13.2 Å². The highest BCUT2D eigenvalue weighted by atomic mass is 32.2. The number of hydrogen-bond donors (Lipinski definition) is 2. The van der Waals surface area contributed by atoms with E-state index in [4.69, 9.17) is 0 Å². The van der Waals surface area contributed by atoms with Gasteiger partial charge in [0.2, 0.25) is 5.91 Å². The minimum absolute atomic E-state index is 0.0391. The maximum Gasteiger partial charge on any atom is 0.407 e. The maximum absolute atomic E-state index is 11.5. The summed E-state index contributed by atoms with van der Waals surface area (Å²) in [6.07, 6.45) is 0.761. The molecule has 0 saturated carbocycles. The predicted molar refractivity (Wildman–Crippen MR) is 85.5 cm³/mol. The molecule has 0 aliphatic rings. The van der Waals surface area contributed by atoms with Gasteiger partial charge in [-0.2, -0.15) is 0 Å². The van der Waals surface area contributed by atoms with Gasteiger partial charge in [-0.25, -0.2) is 9.78 Å². The molecular weight excluding hydrogens is 326 g/mol. The van der Waals surface area contributed by atoms with Gasteiger partial charge in [-0.1, -0.05) is 24.4 Å². The molecule has 0 fully saturated rings. The molecule has 1 aromatic rings. The fourth-order valence-corrected chi connectivity index (χ4v) is 2.58. The molecule has 0 radical (unpaired) electrons. The number of hydrogen-bond acceptors (Lipinski definition) is 7. The lowest BCUT2D eigenvalue weighted by Crippen LogP contribution is -2.36. The van der Waals surface area contributed by atoms with E-state index in [1.807, 2.05) is 5.38 Å². The Kier molecular flexibility index (Phi) is 8.23. The van der Waals surface area contributed by atoms with Crippen LogP contribution < -0.4 is 10.6 Å². The monoisotopic (exact) mass is 343 g/mol. The smallest absolute Gasteiger partial charge is 0.407 e. The second-order valence-corrected chi connectivity index (χ2v) is 6.13. The number of thiazole rings is 1. The zero-order chi connectivity index (χ0) is 16.4. The number of nitrogens with one attached hydrogen (secondary N) is 2. The summed E-state index contributed by atoms with van der Waals surface area (Å²) < 4.78 is 4.67. The number of ether oxygens (including phenoxy) is 1. The Bertz CT molecular complexity index is 545. The molecule has 0 saturated heterocycles. The van der Waals surface area contributed by atoms with Crippen LogP contribution in [0, 0.1) is 0 Å². The Morgan fingerprint density at radius 2 is 2.23 bits per heavy atom. The van der Waals surface area contributed by atoms with Gasteiger partial charge in [0.25, 0.3) is 0 Å². The van der Waals surface area contributed by atoms with Crippen molar-refractivity contribution in [3.05, 3.63) is 28.7 Å². The molecule has 2 amide bonds. The Labute approximate surface area is 136 Å². The van der Waals surface area contributed by atoms with Crippen LogP contribution in [0.2, 0.25) is 0 Å². The van der Waals surface area contributed by atoms with Gasteiger partial charge in [0.1, 0.15) is 18.2 Å². The molecule has 1 rings (SSSR count). The van der Waals surface area contributed by atoms with Crippen LogP contribution in [0.15, 0.2) is 18.0 Å². The summed E-state index contributed by atoms with van der Waals surface area (Å²) in [5, 5.41) is 7.57. The number of thioether (sulfide) groups is 1. The first-order chi connectivity index (χ1) is 10.5. The molecule has 120 valence electrons. The molecule has 1 aromatic heterocycles. The highest BCUT2D eigenvalue weighted by Crippen LogP contribution is 2.16. The highest BCUT2D eigenvalue weighted by molar-refractivity contribution is 8.12. The van der Waals surface area contributed by atoms with Gasteiger partial charge in [-0.05, 0) is 0 Å². The number of alkyl carbamates (subject to hydrolysis) is 1. The maximum atomic E-state index is 11.5. The zero-order valence-corrected chi connectivity index (χ0v) is 13.7. The van der Waals surface area contributed by atoms with Gasteiger partial charge in [0.15, 0.2) is 5.12 Å². The molecule has 0 aliphatic carbocycles. The topological polar surface area (TPSA) is 97.4 Å². The highest BCUT2D eigenvalue weighted by Gasteiger charge is 2.08. The summed E-state index contributed by atoms with van der Waals surface area (Å²) >= 11 is 2.59. The lowest BCUT2D eigenvalue weighted by Gasteiger charge is -2.05. The third-order valence-electron chi connectivity index (χ3n) is 2.18. The number of amides is 2. The van der Waals surface area contributed by atoms with Gasteiger partial charge < -0.3 is 15.4 Å². The zero-order valence-electron chi connectivity index (χ0n) is 12.1. The molecule has 22 heavy (non-hydrogen) atoms. The number of nitrogens with zero attached hydrogens (tertiary/aromatic N) is 1. The van der Waals surface area contributed by atoms with E-state index in [0.717, 1.165) is 10.7 Å². The summed E-state index contributed by atoms with van der Waals surface area (Å²) in [6, 6.07) is 0. The van der Waals surface area contributed by atoms with Crippen molar-refractivity contribution in [2.45, 2.75) is 19.2 Å². The largest absolute Gasteiger partial charge is 0.445 e. The van der Waals surface area contributed by atoms with Crippen LogP contribution in [0.3, 0.4) is 0 Å². The minimum atomic E-state index is -0.673. The van der Waals surface area contributed by atoms with E-state index in [0.29, 0.717) is 5.75 Å². The van der Waals surface area contributed by atoms with Crippen LogP contribution in [0.25, 0.3) is 0 Å². The molecule has 9 heteroatoms.